The van der Waals surface area contributed by atoms with Gasteiger partial charge < -0.3 is 25.5 Å². The second kappa shape index (κ2) is 9.03. The van der Waals surface area contributed by atoms with Crippen LogP contribution < -0.4 is 0 Å². The summed E-state index contributed by atoms with van der Waals surface area (Å²) >= 11 is 0. The van der Waals surface area contributed by atoms with Crippen molar-refractivity contribution in [1.82, 2.24) is 0 Å². The normalized spacial score (nSPS) is 43.7. The first-order chi connectivity index (χ1) is 17.7. The molecule has 4 aliphatic rings. The van der Waals surface area contributed by atoms with Crippen LogP contribution in [0.15, 0.2) is 11.1 Å². The van der Waals surface area contributed by atoms with E-state index in [-0.39, 0.29) is 36.5 Å². The van der Waals surface area contributed by atoms with E-state index in [0.717, 1.165) is 0 Å². The van der Waals surface area contributed by atoms with Crippen molar-refractivity contribution < 1.29 is 44.7 Å². The van der Waals surface area contributed by atoms with E-state index in [1.165, 1.54) is 13.8 Å². The minimum atomic E-state index is -1.82. The lowest BCUT2D eigenvalue weighted by Crippen LogP contribution is -2.66. The number of aliphatic carboxylic acids is 1. The van der Waals surface area contributed by atoms with Crippen LogP contribution >= 0.6 is 0 Å². The second-order valence-corrected chi connectivity index (χ2v) is 14.3. The molecule has 0 aromatic rings. The van der Waals surface area contributed by atoms with Gasteiger partial charge in [-0.15, -0.1) is 0 Å². The Balaban J connectivity index is 1.83. The highest BCUT2D eigenvalue weighted by atomic mass is 16.4. The fourth-order valence-electron chi connectivity index (χ4n) is 9.16. The number of Topliss-reactive ketones (excluding diaryl/α,β-unsaturated/α-hetero) is 3. The average Bonchev–Trinajstić information content (AvgIpc) is 3.04. The topological polar surface area (TPSA) is 169 Å². The van der Waals surface area contributed by atoms with Crippen LogP contribution in [0.2, 0.25) is 0 Å². The Morgan fingerprint density at radius 1 is 1.08 bits per heavy atom. The van der Waals surface area contributed by atoms with Crippen molar-refractivity contribution in [3.05, 3.63) is 11.1 Å². The molecule has 9 heteroatoms. The molecule has 10 atom stereocenters. The van der Waals surface area contributed by atoms with Crippen molar-refractivity contribution >= 4 is 23.3 Å². The smallest absolute Gasteiger partial charge is 0.306 e. The number of carbonyl (C=O) groups excluding carboxylic acids is 3. The van der Waals surface area contributed by atoms with Gasteiger partial charge >= 0.3 is 5.97 Å². The first-order valence-corrected chi connectivity index (χ1v) is 14.0. The predicted octanol–water partition coefficient (Wildman–Crippen LogP) is 2.22. The molecule has 0 bridgehead atoms. The van der Waals surface area contributed by atoms with Crippen molar-refractivity contribution in [2.24, 2.45) is 39.4 Å². The van der Waals surface area contributed by atoms with Crippen molar-refractivity contribution in [1.29, 1.82) is 0 Å². The van der Waals surface area contributed by atoms with Gasteiger partial charge in [-0.25, -0.2) is 0 Å². The monoisotopic (exact) mass is 548 g/mol. The van der Waals surface area contributed by atoms with E-state index in [2.05, 4.69) is 0 Å². The Morgan fingerprint density at radius 3 is 2.23 bits per heavy atom. The molecule has 2 unspecified atom stereocenters. The van der Waals surface area contributed by atoms with Gasteiger partial charge in [-0.3, -0.25) is 19.2 Å². The van der Waals surface area contributed by atoms with E-state index >= 15 is 0 Å². The fraction of sp³-hybridized carbons (Fsp3) is 0.800. The molecule has 2 fully saturated rings. The SMILES string of the molecule is CC(CC(=O)CC(C)(O)[C@@H]1CC(=O)[C@]2(C)C3=C(C(=O)[C@H](O)[C@@]12C)[C@]1(C)CC[C@@H](O)C(C)(C)[C@H]1C[C@H]3O)C(=O)O. The van der Waals surface area contributed by atoms with Gasteiger partial charge in [-0.05, 0) is 55.4 Å². The van der Waals surface area contributed by atoms with Gasteiger partial charge in [-0.2, -0.15) is 0 Å². The molecule has 0 spiro atoms. The van der Waals surface area contributed by atoms with E-state index in [0.29, 0.717) is 18.4 Å². The number of hydrogen-bond acceptors (Lipinski definition) is 8. The molecule has 2 saturated carbocycles. The highest BCUT2D eigenvalue weighted by Gasteiger charge is 2.74. The van der Waals surface area contributed by atoms with Crippen molar-refractivity contribution in [3.63, 3.8) is 0 Å². The van der Waals surface area contributed by atoms with E-state index in [1.807, 2.05) is 20.8 Å². The molecule has 39 heavy (non-hydrogen) atoms. The summed E-state index contributed by atoms with van der Waals surface area (Å²) in [5, 5.41) is 54.9. The van der Waals surface area contributed by atoms with Crippen LogP contribution in [0.1, 0.15) is 87.0 Å². The van der Waals surface area contributed by atoms with Gasteiger partial charge in [0.05, 0.1) is 29.1 Å². The first-order valence-electron chi connectivity index (χ1n) is 14.0. The van der Waals surface area contributed by atoms with E-state index in [9.17, 15) is 44.7 Å². The van der Waals surface area contributed by atoms with Crippen LogP contribution in [-0.2, 0) is 19.2 Å². The van der Waals surface area contributed by atoms with Crippen molar-refractivity contribution in [3.8, 4) is 0 Å². The van der Waals surface area contributed by atoms with Crippen LogP contribution in [0.4, 0.5) is 0 Å². The van der Waals surface area contributed by atoms with Gasteiger partial charge in [0.2, 0.25) is 0 Å². The molecule has 0 heterocycles. The maximum absolute atomic E-state index is 14.2. The summed E-state index contributed by atoms with van der Waals surface area (Å²) in [6.45, 7) is 11.8. The summed E-state index contributed by atoms with van der Waals surface area (Å²) in [6.07, 6.45) is -3.25. The number of aliphatic hydroxyl groups is 4. The number of carboxylic acids is 1. The second-order valence-electron chi connectivity index (χ2n) is 14.3. The number of rotatable bonds is 6. The Bertz CT molecular complexity index is 1150. The molecule has 0 aromatic heterocycles. The lowest BCUT2D eigenvalue weighted by molar-refractivity contribution is -0.169. The summed E-state index contributed by atoms with van der Waals surface area (Å²) in [5.74, 6) is -4.74. The van der Waals surface area contributed by atoms with Crippen LogP contribution in [-0.4, -0.2) is 72.8 Å². The fourth-order valence-corrected chi connectivity index (χ4v) is 9.16. The molecule has 9 nitrogen and oxygen atoms in total. The first kappa shape index (κ1) is 30.0. The molecular formula is C30H44O9. The van der Waals surface area contributed by atoms with E-state index in [1.54, 1.807) is 13.8 Å². The molecule has 0 aliphatic heterocycles. The Labute approximate surface area is 229 Å². The minimum Gasteiger partial charge on any atom is -0.481 e. The zero-order chi connectivity index (χ0) is 29.7. The predicted molar refractivity (Wildman–Crippen MR) is 140 cm³/mol. The van der Waals surface area contributed by atoms with Crippen molar-refractivity contribution in [2.45, 2.75) is 111 Å². The Hall–Kier alpha value is -1.94. The molecule has 5 N–H and O–H groups in total. The maximum atomic E-state index is 14.2. The molecule has 218 valence electrons. The lowest BCUT2D eigenvalue weighted by Gasteiger charge is -2.62. The van der Waals surface area contributed by atoms with Gasteiger partial charge in [0.25, 0.3) is 0 Å². The van der Waals surface area contributed by atoms with Gasteiger partial charge in [0, 0.05) is 36.2 Å². The lowest BCUT2D eigenvalue weighted by atomic mass is 9.41. The van der Waals surface area contributed by atoms with Crippen LogP contribution in [0, 0.1) is 39.4 Å². The number of fused-ring (bicyclic) bond motifs is 4. The quantitative estimate of drug-likeness (QED) is 0.334. The third kappa shape index (κ3) is 3.86. The van der Waals surface area contributed by atoms with Gasteiger partial charge in [-0.1, -0.05) is 34.6 Å². The average molecular weight is 549 g/mol. The number of ketones is 3. The Kier molecular flexibility index (Phi) is 6.95. The highest BCUT2D eigenvalue weighted by Crippen LogP contribution is 2.71. The zero-order valence-electron chi connectivity index (χ0n) is 24.1. The number of hydrogen-bond donors (Lipinski definition) is 5. The molecule has 4 rings (SSSR count). The van der Waals surface area contributed by atoms with Crippen LogP contribution in [0.25, 0.3) is 0 Å². The molecule has 0 saturated heterocycles. The third-order valence-corrected chi connectivity index (χ3v) is 11.7. The molecule has 0 aromatic carbocycles. The molecule has 4 aliphatic carbocycles. The standard InChI is InChI=1S/C30H44O9/c1-14(25(37)38)10-15(31)13-28(5,39)18-12-20(34)30(7)21-16(32)11-17-26(2,3)19(33)8-9-27(17,4)22(21)23(35)24(36)29(18,30)6/h14,16-19,24,32-33,36,39H,8-13H2,1-7H3,(H,37,38)/t14?,16-,17-,18+,19-,24+,27-,28?,29-,30-/m1/s1. The van der Waals surface area contributed by atoms with Gasteiger partial charge in [0.1, 0.15) is 17.7 Å². The third-order valence-electron chi connectivity index (χ3n) is 11.7. The summed E-state index contributed by atoms with van der Waals surface area (Å²) in [4.78, 5) is 52.1. The highest BCUT2D eigenvalue weighted by molar-refractivity contribution is 6.08. The number of carbonyl (C=O) groups is 4. The van der Waals surface area contributed by atoms with E-state index in [4.69, 9.17) is 0 Å². The summed E-state index contributed by atoms with van der Waals surface area (Å²) in [7, 11) is 0. The van der Waals surface area contributed by atoms with Crippen LogP contribution in [0.3, 0.4) is 0 Å². The molecular weight excluding hydrogens is 504 g/mol. The molecule has 0 radical (unpaired) electrons. The summed E-state index contributed by atoms with van der Waals surface area (Å²) < 4.78 is 0. The zero-order valence-corrected chi connectivity index (χ0v) is 24.1. The largest absolute Gasteiger partial charge is 0.481 e. The van der Waals surface area contributed by atoms with Crippen LogP contribution in [0.5, 0.6) is 0 Å². The number of aliphatic hydroxyl groups excluding tert-OH is 3. The minimum absolute atomic E-state index is 0.208. The number of carboxylic acid groups (broad SMARTS) is 1. The van der Waals surface area contributed by atoms with Crippen molar-refractivity contribution in [2.75, 3.05) is 0 Å². The Morgan fingerprint density at radius 2 is 1.67 bits per heavy atom. The van der Waals surface area contributed by atoms with Gasteiger partial charge in [0.15, 0.2) is 5.78 Å². The summed E-state index contributed by atoms with van der Waals surface area (Å²) in [6, 6.07) is 0. The summed E-state index contributed by atoms with van der Waals surface area (Å²) in [5.41, 5.74) is -5.62. The maximum Gasteiger partial charge on any atom is 0.306 e. The van der Waals surface area contributed by atoms with E-state index < -0.39 is 81.4 Å². The molecule has 0 amide bonds.